The predicted molar refractivity (Wildman–Crippen MR) is 103 cm³/mol. The van der Waals surface area contributed by atoms with Gasteiger partial charge in [-0.3, -0.25) is 4.79 Å². The minimum atomic E-state index is -0.215. The van der Waals surface area contributed by atoms with E-state index in [9.17, 15) is 9.59 Å². The van der Waals surface area contributed by atoms with E-state index < -0.39 is 0 Å². The Kier molecular flexibility index (Phi) is 5.62. The molecule has 3 atom stereocenters. The average Bonchev–Trinajstić information content (AvgIpc) is 3.01. The highest BCUT2D eigenvalue weighted by Crippen LogP contribution is 2.33. The summed E-state index contributed by atoms with van der Waals surface area (Å²) in [6.07, 6.45) is 6.73. The number of para-hydroxylation sites is 1. The van der Waals surface area contributed by atoms with Gasteiger partial charge in [-0.1, -0.05) is 37.5 Å². The van der Waals surface area contributed by atoms with Crippen molar-refractivity contribution in [1.29, 1.82) is 0 Å². The number of urea groups is 1. The highest BCUT2D eigenvalue weighted by Gasteiger charge is 2.45. The van der Waals surface area contributed by atoms with Crippen molar-refractivity contribution in [2.45, 2.75) is 50.7 Å². The molecule has 0 radical (unpaired) electrons. The summed E-state index contributed by atoms with van der Waals surface area (Å²) in [5.74, 6) is 0.398. The Morgan fingerprint density at radius 3 is 2.63 bits per heavy atom. The van der Waals surface area contributed by atoms with E-state index in [0.29, 0.717) is 25.4 Å². The molecular formula is C21H29N3O3. The first kappa shape index (κ1) is 18.3. The molecule has 2 heterocycles. The second-order valence-electron chi connectivity index (χ2n) is 8.09. The second-order valence-corrected chi connectivity index (χ2v) is 8.09. The molecule has 2 saturated heterocycles. The minimum Gasteiger partial charge on any atom is -0.370 e. The number of amides is 3. The quantitative estimate of drug-likeness (QED) is 0.855. The molecule has 1 aliphatic carbocycles. The maximum atomic E-state index is 12.7. The third-order valence-corrected chi connectivity index (χ3v) is 6.09. The Balaban J connectivity index is 1.29. The van der Waals surface area contributed by atoms with Gasteiger partial charge < -0.3 is 20.3 Å². The summed E-state index contributed by atoms with van der Waals surface area (Å²) in [6.45, 7) is 1.82. The summed E-state index contributed by atoms with van der Waals surface area (Å²) in [5, 5.41) is 6.08. The maximum Gasteiger partial charge on any atom is 0.317 e. The number of hydrogen-bond donors (Lipinski definition) is 2. The van der Waals surface area contributed by atoms with Crippen LogP contribution in [-0.4, -0.2) is 48.7 Å². The summed E-state index contributed by atoms with van der Waals surface area (Å²) >= 11 is 0. The molecule has 0 unspecified atom stereocenters. The number of fused-ring (bicyclic) bond motifs is 2. The van der Waals surface area contributed by atoms with Crippen LogP contribution in [-0.2, 0) is 9.53 Å². The van der Waals surface area contributed by atoms with Crippen LogP contribution in [0.4, 0.5) is 10.5 Å². The molecule has 146 valence electrons. The van der Waals surface area contributed by atoms with Crippen molar-refractivity contribution in [2.24, 2.45) is 11.8 Å². The minimum absolute atomic E-state index is 0.0111. The molecule has 1 aromatic rings. The smallest absolute Gasteiger partial charge is 0.317 e. The van der Waals surface area contributed by atoms with E-state index in [1.165, 1.54) is 32.1 Å². The van der Waals surface area contributed by atoms with Gasteiger partial charge in [-0.15, -0.1) is 0 Å². The lowest BCUT2D eigenvalue weighted by Crippen LogP contribution is -2.51. The number of morpholine rings is 1. The third-order valence-electron chi connectivity index (χ3n) is 6.09. The van der Waals surface area contributed by atoms with Gasteiger partial charge in [0.2, 0.25) is 5.91 Å². The average molecular weight is 371 g/mol. The van der Waals surface area contributed by atoms with Crippen LogP contribution in [0.2, 0.25) is 0 Å². The van der Waals surface area contributed by atoms with Crippen LogP contribution in [0, 0.1) is 11.8 Å². The lowest BCUT2D eigenvalue weighted by molar-refractivity contribution is -0.122. The molecule has 2 N–H and O–H groups in total. The molecule has 2 aliphatic heterocycles. The SMILES string of the molecule is O=C(Nc1ccccc1)[C@H]1C[C@@H]2CN(C(=O)NCC3CCCCC3)C[C@H]1O2. The summed E-state index contributed by atoms with van der Waals surface area (Å²) in [7, 11) is 0. The summed E-state index contributed by atoms with van der Waals surface area (Å²) in [6, 6.07) is 9.47. The first-order valence-corrected chi connectivity index (χ1v) is 10.2. The molecule has 6 heteroatoms. The van der Waals surface area contributed by atoms with Crippen molar-refractivity contribution in [2.75, 3.05) is 25.0 Å². The van der Waals surface area contributed by atoms with Crippen molar-refractivity contribution in [3.05, 3.63) is 30.3 Å². The van der Waals surface area contributed by atoms with Crippen molar-refractivity contribution in [3.8, 4) is 0 Å². The van der Waals surface area contributed by atoms with Crippen LogP contribution in [0.15, 0.2) is 30.3 Å². The Labute approximate surface area is 160 Å². The topological polar surface area (TPSA) is 70.7 Å². The Morgan fingerprint density at radius 2 is 1.85 bits per heavy atom. The summed E-state index contributed by atoms with van der Waals surface area (Å²) in [5.41, 5.74) is 0.797. The fourth-order valence-electron chi connectivity index (χ4n) is 4.59. The van der Waals surface area contributed by atoms with Gasteiger partial charge in [0.15, 0.2) is 0 Å². The van der Waals surface area contributed by atoms with Crippen LogP contribution in [0.5, 0.6) is 0 Å². The standard InChI is InChI=1S/C21H29N3O3/c25-20(23-16-9-5-2-6-10-16)18-11-17-13-24(14-19(18)27-17)21(26)22-12-15-7-3-1-4-8-15/h2,5-6,9-10,15,17-19H,1,3-4,7-8,11-14H2,(H,22,26)(H,23,25)/t17-,18+,19-/m1/s1. The Morgan fingerprint density at radius 1 is 1.07 bits per heavy atom. The van der Waals surface area contributed by atoms with Gasteiger partial charge in [0, 0.05) is 25.3 Å². The second kappa shape index (κ2) is 8.30. The molecule has 3 aliphatic rings. The van der Waals surface area contributed by atoms with Crippen molar-refractivity contribution < 1.29 is 14.3 Å². The molecule has 3 amide bonds. The van der Waals surface area contributed by atoms with E-state index in [1.54, 1.807) is 0 Å². The van der Waals surface area contributed by atoms with Crippen LogP contribution < -0.4 is 10.6 Å². The number of hydrogen-bond acceptors (Lipinski definition) is 3. The maximum absolute atomic E-state index is 12.7. The number of nitrogens with one attached hydrogen (secondary N) is 2. The molecule has 0 aromatic heterocycles. The molecule has 1 saturated carbocycles. The number of benzene rings is 1. The monoisotopic (exact) mass is 371 g/mol. The molecule has 4 rings (SSSR count). The van der Waals surface area contributed by atoms with Gasteiger partial charge in [0.1, 0.15) is 0 Å². The molecule has 2 bridgehead atoms. The number of carbonyl (C=O) groups excluding carboxylic acids is 2. The van der Waals surface area contributed by atoms with Gasteiger partial charge in [-0.25, -0.2) is 4.79 Å². The van der Waals surface area contributed by atoms with E-state index in [0.717, 1.165) is 12.2 Å². The zero-order valence-corrected chi connectivity index (χ0v) is 15.7. The van der Waals surface area contributed by atoms with E-state index in [2.05, 4.69) is 10.6 Å². The highest BCUT2D eigenvalue weighted by atomic mass is 16.5. The zero-order chi connectivity index (χ0) is 18.6. The normalized spacial score (nSPS) is 28.0. The summed E-state index contributed by atoms with van der Waals surface area (Å²) in [4.78, 5) is 27.1. The first-order valence-electron chi connectivity index (χ1n) is 10.2. The third kappa shape index (κ3) is 4.43. The molecule has 0 spiro atoms. The lowest BCUT2D eigenvalue weighted by Gasteiger charge is -2.33. The predicted octanol–water partition coefficient (Wildman–Crippen LogP) is 3.00. The van der Waals surface area contributed by atoms with Crippen molar-refractivity contribution in [3.63, 3.8) is 0 Å². The van der Waals surface area contributed by atoms with E-state index in [1.807, 2.05) is 35.2 Å². The van der Waals surface area contributed by atoms with Crippen LogP contribution in [0.3, 0.4) is 0 Å². The van der Waals surface area contributed by atoms with E-state index in [-0.39, 0.29) is 30.1 Å². The van der Waals surface area contributed by atoms with Crippen molar-refractivity contribution >= 4 is 17.6 Å². The summed E-state index contributed by atoms with van der Waals surface area (Å²) < 4.78 is 5.96. The van der Waals surface area contributed by atoms with Gasteiger partial charge in [0.25, 0.3) is 0 Å². The molecule has 6 nitrogen and oxygen atoms in total. The molecule has 27 heavy (non-hydrogen) atoms. The van der Waals surface area contributed by atoms with Gasteiger partial charge in [-0.2, -0.15) is 0 Å². The van der Waals surface area contributed by atoms with Gasteiger partial charge in [0.05, 0.1) is 18.1 Å². The largest absolute Gasteiger partial charge is 0.370 e. The number of carbonyl (C=O) groups is 2. The van der Waals surface area contributed by atoms with E-state index in [4.69, 9.17) is 4.74 Å². The van der Waals surface area contributed by atoms with E-state index >= 15 is 0 Å². The highest BCUT2D eigenvalue weighted by molar-refractivity contribution is 5.93. The number of rotatable bonds is 4. The van der Waals surface area contributed by atoms with Gasteiger partial charge >= 0.3 is 6.03 Å². The number of nitrogens with zero attached hydrogens (tertiary/aromatic N) is 1. The van der Waals surface area contributed by atoms with Crippen LogP contribution in [0.1, 0.15) is 38.5 Å². The lowest BCUT2D eigenvalue weighted by atomic mass is 9.89. The molecular weight excluding hydrogens is 342 g/mol. The number of anilines is 1. The fraction of sp³-hybridized carbons (Fsp3) is 0.619. The molecule has 3 fully saturated rings. The van der Waals surface area contributed by atoms with Crippen molar-refractivity contribution in [1.82, 2.24) is 10.2 Å². The van der Waals surface area contributed by atoms with Crippen LogP contribution >= 0.6 is 0 Å². The Hall–Kier alpha value is -2.08. The number of likely N-dealkylation sites (tertiary alicyclic amines) is 1. The van der Waals surface area contributed by atoms with Gasteiger partial charge in [-0.05, 0) is 37.3 Å². The fourth-order valence-corrected chi connectivity index (χ4v) is 4.59. The zero-order valence-electron chi connectivity index (χ0n) is 15.7. The first-order chi connectivity index (χ1) is 13.2. The Bertz CT molecular complexity index is 660. The van der Waals surface area contributed by atoms with Crippen LogP contribution in [0.25, 0.3) is 0 Å². The number of ether oxygens (including phenoxy) is 1. The molecule has 1 aromatic carbocycles.